The SMILES string of the molecule is OCc1ccc2c(c1)C(=C1c3ccccc3Oc3ccccc31)c1cc(CO)ccc1-2. The summed E-state index contributed by atoms with van der Waals surface area (Å²) in [4.78, 5) is 0. The second-order valence-corrected chi connectivity index (χ2v) is 7.92. The molecule has 0 unspecified atom stereocenters. The van der Waals surface area contributed by atoms with E-state index >= 15 is 0 Å². The van der Waals surface area contributed by atoms with Crippen LogP contribution in [0.4, 0.5) is 0 Å². The van der Waals surface area contributed by atoms with Crippen LogP contribution in [-0.2, 0) is 13.2 Å². The molecule has 0 saturated carbocycles. The van der Waals surface area contributed by atoms with Gasteiger partial charge in [-0.3, -0.25) is 0 Å². The lowest BCUT2D eigenvalue weighted by molar-refractivity contribution is 0.281. The number of ether oxygens (including phenoxy) is 1. The van der Waals surface area contributed by atoms with Gasteiger partial charge in [-0.25, -0.2) is 0 Å². The average molecular weight is 404 g/mol. The van der Waals surface area contributed by atoms with E-state index in [4.69, 9.17) is 4.74 Å². The topological polar surface area (TPSA) is 49.7 Å². The van der Waals surface area contributed by atoms with Gasteiger partial charge in [0.1, 0.15) is 11.5 Å². The Bertz CT molecular complexity index is 1280. The van der Waals surface area contributed by atoms with E-state index in [0.29, 0.717) is 0 Å². The number of fused-ring (bicyclic) bond motifs is 5. The molecule has 3 nitrogen and oxygen atoms in total. The Morgan fingerprint density at radius 2 is 0.935 bits per heavy atom. The van der Waals surface area contributed by atoms with Crippen molar-refractivity contribution in [2.45, 2.75) is 13.2 Å². The highest BCUT2D eigenvalue weighted by Crippen LogP contribution is 2.53. The number of rotatable bonds is 2. The summed E-state index contributed by atoms with van der Waals surface area (Å²) in [5.74, 6) is 1.66. The van der Waals surface area contributed by atoms with Gasteiger partial charge in [0.05, 0.1) is 13.2 Å². The van der Waals surface area contributed by atoms with E-state index in [2.05, 4.69) is 36.4 Å². The Morgan fingerprint density at radius 1 is 0.484 bits per heavy atom. The summed E-state index contributed by atoms with van der Waals surface area (Å²) in [5.41, 5.74) is 10.5. The molecule has 1 heterocycles. The first-order valence-electron chi connectivity index (χ1n) is 10.4. The zero-order valence-electron chi connectivity index (χ0n) is 16.8. The van der Waals surface area contributed by atoms with Gasteiger partial charge < -0.3 is 14.9 Å². The molecule has 1 aliphatic heterocycles. The lowest BCUT2D eigenvalue weighted by atomic mass is 9.85. The van der Waals surface area contributed by atoms with Crippen LogP contribution in [0.25, 0.3) is 22.3 Å². The number of aliphatic hydroxyl groups excluding tert-OH is 2. The molecule has 4 aromatic rings. The quantitative estimate of drug-likeness (QED) is 0.385. The molecule has 3 heteroatoms. The average Bonchev–Trinajstić information content (AvgIpc) is 3.14. The molecule has 1 aliphatic carbocycles. The summed E-state index contributed by atoms with van der Waals surface area (Å²) >= 11 is 0. The summed E-state index contributed by atoms with van der Waals surface area (Å²) in [7, 11) is 0. The summed E-state index contributed by atoms with van der Waals surface area (Å²) < 4.78 is 6.22. The smallest absolute Gasteiger partial charge is 0.135 e. The van der Waals surface area contributed by atoms with Crippen molar-refractivity contribution in [3.63, 3.8) is 0 Å². The highest BCUT2D eigenvalue weighted by molar-refractivity contribution is 6.15. The predicted molar refractivity (Wildman–Crippen MR) is 122 cm³/mol. The van der Waals surface area contributed by atoms with Crippen molar-refractivity contribution in [1.82, 2.24) is 0 Å². The van der Waals surface area contributed by atoms with Crippen LogP contribution in [0.15, 0.2) is 84.9 Å². The molecule has 0 atom stereocenters. The van der Waals surface area contributed by atoms with Crippen molar-refractivity contribution in [3.8, 4) is 22.6 Å². The zero-order valence-corrected chi connectivity index (χ0v) is 16.8. The van der Waals surface area contributed by atoms with Crippen molar-refractivity contribution in [2.75, 3.05) is 0 Å². The maximum absolute atomic E-state index is 9.81. The first-order valence-corrected chi connectivity index (χ1v) is 10.4. The highest BCUT2D eigenvalue weighted by Gasteiger charge is 2.31. The second-order valence-electron chi connectivity index (χ2n) is 7.92. The van der Waals surface area contributed by atoms with Crippen molar-refractivity contribution >= 4 is 11.1 Å². The molecule has 0 aromatic heterocycles. The summed E-state index contributed by atoms with van der Waals surface area (Å²) in [6, 6.07) is 28.5. The Labute approximate surface area is 180 Å². The molecule has 0 fully saturated rings. The number of aliphatic hydroxyl groups is 2. The second kappa shape index (κ2) is 6.95. The van der Waals surface area contributed by atoms with Crippen molar-refractivity contribution in [2.24, 2.45) is 0 Å². The van der Waals surface area contributed by atoms with E-state index in [9.17, 15) is 10.2 Å². The monoisotopic (exact) mass is 404 g/mol. The van der Waals surface area contributed by atoms with Crippen LogP contribution < -0.4 is 4.74 Å². The van der Waals surface area contributed by atoms with Crippen molar-refractivity contribution in [1.29, 1.82) is 0 Å². The molecular weight excluding hydrogens is 384 g/mol. The van der Waals surface area contributed by atoms with E-state index in [1.807, 2.05) is 48.5 Å². The normalized spacial score (nSPS) is 13.2. The number of hydrogen-bond acceptors (Lipinski definition) is 3. The largest absolute Gasteiger partial charge is 0.456 e. The molecule has 0 amide bonds. The van der Waals surface area contributed by atoms with E-state index in [-0.39, 0.29) is 13.2 Å². The number of hydrogen-bond donors (Lipinski definition) is 2. The third-order valence-corrected chi connectivity index (χ3v) is 6.14. The lowest BCUT2D eigenvalue weighted by Gasteiger charge is -2.25. The maximum atomic E-state index is 9.81. The minimum atomic E-state index is -0.00951. The molecular formula is C28H20O3. The predicted octanol–water partition coefficient (Wildman–Crippen LogP) is 5.76. The third-order valence-electron chi connectivity index (χ3n) is 6.14. The van der Waals surface area contributed by atoms with Gasteiger partial charge >= 0.3 is 0 Å². The molecule has 31 heavy (non-hydrogen) atoms. The summed E-state index contributed by atoms with van der Waals surface area (Å²) in [6.45, 7) is -0.0190. The summed E-state index contributed by atoms with van der Waals surface area (Å²) in [6.07, 6.45) is 0. The Hall–Kier alpha value is -3.66. The van der Waals surface area contributed by atoms with Crippen LogP contribution in [0.2, 0.25) is 0 Å². The summed E-state index contributed by atoms with van der Waals surface area (Å²) in [5, 5.41) is 19.6. The van der Waals surface area contributed by atoms with Crippen LogP contribution in [0.1, 0.15) is 33.4 Å². The van der Waals surface area contributed by atoms with Crippen molar-refractivity contribution < 1.29 is 14.9 Å². The minimum absolute atomic E-state index is 0.00951. The fraction of sp³-hybridized carbons (Fsp3) is 0.0714. The fourth-order valence-electron chi connectivity index (χ4n) is 4.73. The standard InChI is InChI=1S/C28H20O3/c29-15-17-9-11-19-20-12-10-18(16-30)14-24(20)28(23(19)13-17)27-21-5-1-3-7-25(21)31-26-8-4-2-6-22(26)27/h1-14,29-30H,15-16H2. The Morgan fingerprint density at radius 3 is 1.42 bits per heavy atom. The van der Waals surface area contributed by atoms with E-state index in [1.54, 1.807) is 0 Å². The molecule has 2 aliphatic rings. The molecule has 0 saturated heterocycles. The first kappa shape index (κ1) is 18.1. The lowest BCUT2D eigenvalue weighted by Crippen LogP contribution is -2.04. The van der Waals surface area contributed by atoms with Gasteiger partial charge in [-0.05, 0) is 63.2 Å². The number of benzene rings is 4. The molecule has 6 rings (SSSR count). The fourth-order valence-corrected chi connectivity index (χ4v) is 4.73. The van der Waals surface area contributed by atoms with Crippen LogP contribution >= 0.6 is 0 Å². The van der Waals surface area contributed by atoms with Gasteiger partial charge in [0.2, 0.25) is 0 Å². The zero-order chi connectivity index (χ0) is 20.9. The number of para-hydroxylation sites is 2. The van der Waals surface area contributed by atoms with Crippen molar-refractivity contribution in [3.05, 3.63) is 118 Å². The van der Waals surface area contributed by atoms with E-state index in [0.717, 1.165) is 67.2 Å². The van der Waals surface area contributed by atoms with Crippen LogP contribution in [-0.4, -0.2) is 10.2 Å². The van der Waals surface area contributed by atoms with Gasteiger partial charge in [0.25, 0.3) is 0 Å². The molecule has 0 spiro atoms. The minimum Gasteiger partial charge on any atom is -0.456 e. The Kier molecular flexibility index (Phi) is 4.06. The molecule has 2 N–H and O–H groups in total. The van der Waals surface area contributed by atoms with Crippen LogP contribution in [0.3, 0.4) is 0 Å². The molecule has 0 bridgehead atoms. The first-order chi connectivity index (χ1) is 15.3. The maximum Gasteiger partial charge on any atom is 0.135 e. The van der Waals surface area contributed by atoms with Gasteiger partial charge in [0.15, 0.2) is 0 Å². The van der Waals surface area contributed by atoms with Gasteiger partial charge in [-0.15, -0.1) is 0 Å². The third kappa shape index (κ3) is 2.68. The molecule has 0 radical (unpaired) electrons. The van der Waals surface area contributed by atoms with Gasteiger partial charge in [0, 0.05) is 16.7 Å². The highest BCUT2D eigenvalue weighted by atomic mass is 16.5. The Balaban J connectivity index is 1.78. The van der Waals surface area contributed by atoms with Crippen LogP contribution in [0, 0.1) is 0 Å². The van der Waals surface area contributed by atoms with E-state index in [1.165, 1.54) is 0 Å². The molecule has 4 aromatic carbocycles. The van der Waals surface area contributed by atoms with Crippen LogP contribution in [0.5, 0.6) is 11.5 Å². The van der Waals surface area contributed by atoms with Gasteiger partial charge in [-0.1, -0.05) is 60.7 Å². The molecule has 150 valence electrons. The van der Waals surface area contributed by atoms with Gasteiger partial charge in [-0.2, -0.15) is 0 Å². The van der Waals surface area contributed by atoms with E-state index < -0.39 is 0 Å².